The molecule has 1 aromatic rings. The van der Waals surface area contributed by atoms with Crippen LogP contribution in [0.5, 0.6) is 0 Å². The summed E-state index contributed by atoms with van der Waals surface area (Å²) in [7, 11) is 0. The van der Waals surface area contributed by atoms with Crippen molar-refractivity contribution >= 4 is 0 Å². The molecule has 1 aromatic carbocycles. The first-order chi connectivity index (χ1) is 8.81. The fourth-order valence-corrected chi connectivity index (χ4v) is 2.91. The van der Waals surface area contributed by atoms with E-state index in [9.17, 15) is 5.11 Å². The lowest BCUT2D eigenvalue weighted by Crippen LogP contribution is -2.41. The van der Waals surface area contributed by atoms with E-state index in [1.54, 1.807) is 0 Å². The van der Waals surface area contributed by atoms with Crippen LogP contribution in [0.25, 0.3) is 0 Å². The molecule has 1 aliphatic carbocycles. The molecule has 0 spiro atoms. The van der Waals surface area contributed by atoms with Gasteiger partial charge < -0.3 is 10.4 Å². The number of hydrogen-bond donors (Lipinski definition) is 2. The van der Waals surface area contributed by atoms with E-state index in [2.05, 4.69) is 35.6 Å². The highest BCUT2D eigenvalue weighted by Crippen LogP contribution is 2.32. The van der Waals surface area contributed by atoms with Gasteiger partial charge in [0.1, 0.15) is 0 Å². The van der Waals surface area contributed by atoms with Crippen LogP contribution in [-0.4, -0.2) is 23.8 Å². The number of aliphatic hydroxyl groups excluding tert-OH is 1. The standard InChI is InChI=1S/C16H25NO/c1-2-14(18)12-17-16-11-7-6-10-15(16)13-8-4-3-5-9-13/h3-5,8-9,14-18H,2,6-7,10-12H2,1H3. The molecule has 2 rings (SSSR count). The lowest BCUT2D eigenvalue weighted by molar-refractivity contribution is 0.156. The molecule has 0 saturated heterocycles. The summed E-state index contributed by atoms with van der Waals surface area (Å²) >= 11 is 0. The van der Waals surface area contributed by atoms with Crippen molar-refractivity contribution in [2.24, 2.45) is 0 Å². The van der Waals surface area contributed by atoms with Crippen molar-refractivity contribution in [3.8, 4) is 0 Å². The topological polar surface area (TPSA) is 32.3 Å². The molecule has 1 fully saturated rings. The van der Waals surface area contributed by atoms with Gasteiger partial charge in [0, 0.05) is 12.6 Å². The summed E-state index contributed by atoms with van der Waals surface area (Å²) < 4.78 is 0. The predicted octanol–water partition coefficient (Wildman–Crippen LogP) is 3.07. The molecule has 2 N–H and O–H groups in total. The highest BCUT2D eigenvalue weighted by molar-refractivity contribution is 5.22. The maximum absolute atomic E-state index is 9.68. The normalized spacial score (nSPS) is 25.9. The molecule has 3 atom stereocenters. The molecule has 18 heavy (non-hydrogen) atoms. The lowest BCUT2D eigenvalue weighted by Gasteiger charge is -2.33. The Kier molecular flexibility index (Phi) is 5.21. The Labute approximate surface area is 110 Å². The van der Waals surface area contributed by atoms with Crippen LogP contribution in [-0.2, 0) is 0 Å². The first-order valence-corrected chi connectivity index (χ1v) is 7.27. The number of rotatable bonds is 5. The average molecular weight is 247 g/mol. The molecule has 0 aromatic heterocycles. The lowest BCUT2D eigenvalue weighted by atomic mass is 9.80. The SMILES string of the molecule is CCC(O)CNC1CCCCC1c1ccccc1. The summed E-state index contributed by atoms with van der Waals surface area (Å²) in [5.74, 6) is 0.615. The van der Waals surface area contributed by atoms with Crippen molar-refractivity contribution < 1.29 is 5.11 Å². The zero-order valence-electron chi connectivity index (χ0n) is 11.3. The summed E-state index contributed by atoms with van der Waals surface area (Å²) in [6.45, 7) is 2.76. The second kappa shape index (κ2) is 6.91. The van der Waals surface area contributed by atoms with Crippen LogP contribution in [0.15, 0.2) is 30.3 Å². The molecule has 0 amide bonds. The van der Waals surface area contributed by atoms with E-state index in [1.807, 2.05) is 6.92 Å². The summed E-state index contributed by atoms with van der Waals surface area (Å²) in [6, 6.07) is 11.3. The molecule has 1 aliphatic rings. The Morgan fingerprint density at radius 1 is 1.22 bits per heavy atom. The fraction of sp³-hybridized carbons (Fsp3) is 0.625. The Morgan fingerprint density at radius 3 is 2.67 bits per heavy atom. The van der Waals surface area contributed by atoms with Gasteiger partial charge >= 0.3 is 0 Å². The summed E-state index contributed by atoms with van der Waals surface area (Å²) in [5.41, 5.74) is 1.45. The highest BCUT2D eigenvalue weighted by atomic mass is 16.3. The van der Waals surface area contributed by atoms with E-state index in [4.69, 9.17) is 0 Å². The summed E-state index contributed by atoms with van der Waals surface area (Å²) in [5, 5.41) is 13.3. The highest BCUT2D eigenvalue weighted by Gasteiger charge is 2.26. The average Bonchev–Trinajstić information content (AvgIpc) is 2.46. The zero-order chi connectivity index (χ0) is 12.8. The fourth-order valence-electron chi connectivity index (χ4n) is 2.91. The Balaban J connectivity index is 1.98. The largest absolute Gasteiger partial charge is 0.392 e. The van der Waals surface area contributed by atoms with Crippen LogP contribution >= 0.6 is 0 Å². The van der Waals surface area contributed by atoms with E-state index in [0.29, 0.717) is 12.0 Å². The van der Waals surface area contributed by atoms with E-state index in [-0.39, 0.29) is 6.10 Å². The van der Waals surface area contributed by atoms with Crippen molar-refractivity contribution in [2.75, 3.05) is 6.54 Å². The summed E-state index contributed by atoms with van der Waals surface area (Å²) in [6.07, 6.45) is 5.76. The smallest absolute Gasteiger partial charge is 0.0662 e. The first-order valence-electron chi connectivity index (χ1n) is 7.27. The van der Waals surface area contributed by atoms with Gasteiger partial charge in [0.15, 0.2) is 0 Å². The minimum atomic E-state index is -0.205. The van der Waals surface area contributed by atoms with Crippen LogP contribution in [0, 0.1) is 0 Å². The van der Waals surface area contributed by atoms with Crippen LogP contribution in [0.2, 0.25) is 0 Å². The van der Waals surface area contributed by atoms with Gasteiger partial charge in [0.2, 0.25) is 0 Å². The second-order valence-corrected chi connectivity index (χ2v) is 5.38. The quantitative estimate of drug-likeness (QED) is 0.838. The van der Waals surface area contributed by atoms with Gasteiger partial charge in [-0.2, -0.15) is 0 Å². The van der Waals surface area contributed by atoms with Gasteiger partial charge in [0.25, 0.3) is 0 Å². The van der Waals surface area contributed by atoms with E-state index in [1.165, 1.54) is 31.2 Å². The number of aliphatic hydroxyl groups is 1. The maximum Gasteiger partial charge on any atom is 0.0662 e. The molecule has 3 unspecified atom stereocenters. The van der Waals surface area contributed by atoms with Gasteiger partial charge in [0.05, 0.1) is 6.10 Å². The van der Waals surface area contributed by atoms with Crippen molar-refractivity contribution in [2.45, 2.75) is 57.1 Å². The summed E-state index contributed by atoms with van der Waals surface area (Å²) in [4.78, 5) is 0. The first kappa shape index (κ1) is 13.6. The van der Waals surface area contributed by atoms with Gasteiger partial charge in [-0.15, -0.1) is 0 Å². The molecular formula is C16H25NO. The van der Waals surface area contributed by atoms with Crippen LogP contribution < -0.4 is 5.32 Å². The van der Waals surface area contributed by atoms with E-state index >= 15 is 0 Å². The molecule has 2 nitrogen and oxygen atoms in total. The minimum Gasteiger partial charge on any atom is -0.392 e. The molecule has 0 heterocycles. The molecule has 2 heteroatoms. The Morgan fingerprint density at radius 2 is 1.94 bits per heavy atom. The second-order valence-electron chi connectivity index (χ2n) is 5.38. The number of benzene rings is 1. The van der Waals surface area contributed by atoms with Crippen LogP contribution in [0.4, 0.5) is 0 Å². The van der Waals surface area contributed by atoms with Crippen molar-refractivity contribution in [1.29, 1.82) is 0 Å². The molecule has 0 aliphatic heterocycles. The Hall–Kier alpha value is -0.860. The Bertz CT molecular complexity index is 338. The third kappa shape index (κ3) is 3.56. The number of hydrogen-bond acceptors (Lipinski definition) is 2. The monoisotopic (exact) mass is 247 g/mol. The van der Waals surface area contributed by atoms with Gasteiger partial charge in [-0.25, -0.2) is 0 Å². The van der Waals surface area contributed by atoms with E-state index < -0.39 is 0 Å². The van der Waals surface area contributed by atoms with Gasteiger partial charge in [-0.1, -0.05) is 50.1 Å². The van der Waals surface area contributed by atoms with Crippen molar-refractivity contribution in [3.63, 3.8) is 0 Å². The predicted molar refractivity (Wildman–Crippen MR) is 75.7 cm³/mol. The molecule has 0 radical (unpaired) electrons. The third-order valence-electron chi connectivity index (χ3n) is 4.08. The van der Waals surface area contributed by atoms with Gasteiger partial charge in [-0.05, 0) is 30.7 Å². The maximum atomic E-state index is 9.68. The van der Waals surface area contributed by atoms with Crippen molar-refractivity contribution in [1.82, 2.24) is 5.32 Å². The van der Waals surface area contributed by atoms with Crippen molar-refractivity contribution in [3.05, 3.63) is 35.9 Å². The minimum absolute atomic E-state index is 0.205. The zero-order valence-corrected chi connectivity index (χ0v) is 11.3. The molecule has 0 bridgehead atoms. The van der Waals surface area contributed by atoms with Crippen LogP contribution in [0.1, 0.15) is 50.5 Å². The molecular weight excluding hydrogens is 222 g/mol. The number of nitrogens with one attached hydrogen (secondary N) is 1. The molecule has 100 valence electrons. The van der Waals surface area contributed by atoms with E-state index in [0.717, 1.165) is 13.0 Å². The molecule has 1 saturated carbocycles. The van der Waals surface area contributed by atoms with Crippen LogP contribution in [0.3, 0.4) is 0 Å². The third-order valence-corrected chi connectivity index (χ3v) is 4.08. The van der Waals surface area contributed by atoms with Gasteiger partial charge in [-0.3, -0.25) is 0 Å².